The van der Waals surface area contributed by atoms with Crippen molar-refractivity contribution in [2.75, 3.05) is 13.1 Å². The highest BCUT2D eigenvalue weighted by Gasteiger charge is 2.32. The van der Waals surface area contributed by atoms with E-state index >= 15 is 0 Å². The molecule has 1 saturated heterocycles. The van der Waals surface area contributed by atoms with E-state index in [0.717, 1.165) is 4.90 Å². The molecule has 1 fully saturated rings. The molecule has 4 N–H and O–H groups in total. The lowest BCUT2D eigenvalue weighted by atomic mass is 10.0. The fourth-order valence-electron chi connectivity index (χ4n) is 1.59. The molecule has 8 heteroatoms. The van der Waals surface area contributed by atoms with Crippen molar-refractivity contribution >= 4 is 23.6 Å². The average Bonchev–Trinajstić information content (AvgIpc) is 2.28. The summed E-state index contributed by atoms with van der Waals surface area (Å²) in [6, 6.07) is 0. The summed E-state index contributed by atoms with van der Waals surface area (Å²) < 4.78 is 0. The van der Waals surface area contributed by atoms with Crippen molar-refractivity contribution in [3.63, 3.8) is 0 Å². The van der Waals surface area contributed by atoms with E-state index in [4.69, 9.17) is 10.9 Å². The molecule has 0 bridgehead atoms. The first-order chi connectivity index (χ1) is 7.99. The number of carbonyl (C=O) groups excluding carboxylic acids is 3. The molecule has 0 aliphatic carbocycles. The molecule has 1 rings (SSSR count). The fraction of sp³-hybridized carbons (Fsp3) is 0.556. The number of imide groups is 1. The van der Waals surface area contributed by atoms with Crippen LogP contribution in [0.3, 0.4) is 0 Å². The molecule has 1 unspecified atom stereocenters. The Hall–Kier alpha value is -2.12. The zero-order chi connectivity index (χ0) is 13.0. The molecular formula is C9H14N4O4. The first-order valence-corrected chi connectivity index (χ1v) is 5.08. The molecule has 94 valence electrons. The van der Waals surface area contributed by atoms with Gasteiger partial charge in [-0.05, 0) is 6.42 Å². The van der Waals surface area contributed by atoms with Crippen molar-refractivity contribution < 1.29 is 19.6 Å². The second-order valence-corrected chi connectivity index (χ2v) is 3.65. The number of nitrogens with zero attached hydrogens (tertiary/aromatic N) is 2. The van der Waals surface area contributed by atoms with E-state index in [-0.39, 0.29) is 18.9 Å². The summed E-state index contributed by atoms with van der Waals surface area (Å²) in [6.45, 7) is 1.30. The van der Waals surface area contributed by atoms with Crippen LogP contribution in [0.4, 0.5) is 0 Å². The van der Waals surface area contributed by atoms with Crippen LogP contribution in [0.2, 0.25) is 0 Å². The van der Waals surface area contributed by atoms with Crippen LogP contribution in [-0.2, 0) is 14.4 Å². The zero-order valence-corrected chi connectivity index (χ0v) is 9.34. The molecule has 3 amide bonds. The maximum atomic E-state index is 11.9. The van der Waals surface area contributed by atoms with Crippen molar-refractivity contribution in [3.8, 4) is 0 Å². The number of piperazine rings is 1. The van der Waals surface area contributed by atoms with E-state index in [1.807, 2.05) is 0 Å². The van der Waals surface area contributed by atoms with E-state index in [0.29, 0.717) is 6.42 Å². The summed E-state index contributed by atoms with van der Waals surface area (Å²) in [4.78, 5) is 35.2. The van der Waals surface area contributed by atoms with E-state index in [1.54, 1.807) is 6.92 Å². The molecule has 1 atom stereocenters. The minimum Gasteiger partial charge on any atom is -0.409 e. The second kappa shape index (κ2) is 5.28. The number of amides is 3. The Bertz CT molecular complexity index is 363. The van der Waals surface area contributed by atoms with Gasteiger partial charge in [0.2, 0.25) is 17.7 Å². The van der Waals surface area contributed by atoms with Gasteiger partial charge in [0.15, 0.2) is 5.84 Å². The second-order valence-electron chi connectivity index (χ2n) is 3.65. The first-order valence-electron chi connectivity index (χ1n) is 5.08. The van der Waals surface area contributed by atoms with Gasteiger partial charge in [0.25, 0.3) is 0 Å². The van der Waals surface area contributed by atoms with Crippen molar-refractivity contribution in [3.05, 3.63) is 0 Å². The van der Waals surface area contributed by atoms with Crippen molar-refractivity contribution in [1.82, 2.24) is 10.2 Å². The highest BCUT2D eigenvalue weighted by Crippen LogP contribution is 2.09. The van der Waals surface area contributed by atoms with Gasteiger partial charge < -0.3 is 15.8 Å². The van der Waals surface area contributed by atoms with Gasteiger partial charge in [-0.2, -0.15) is 0 Å². The minimum atomic E-state index is -0.821. The summed E-state index contributed by atoms with van der Waals surface area (Å²) in [5.74, 6) is -2.62. The number of rotatable bonds is 3. The summed E-state index contributed by atoms with van der Waals surface area (Å²) >= 11 is 0. The molecular weight excluding hydrogens is 228 g/mol. The predicted molar refractivity (Wildman–Crippen MR) is 56.9 cm³/mol. The Labute approximate surface area is 97.4 Å². The normalized spacial score (nSPS) is 18.9. The molecule has 17 heavy (non-hydrogen) atoms. The topological polar surface area (TPSA) is 125 Å². The van der Waals surface area contributed by atoms with E-state index in [9.17, 15) is 14.4 Å². The van der Waals surface area contributed by atoms with Crippen molar-refractivity contribution in [2.45, 2.75) is 13.3 Å². The Morgan fingerprint density at radius 1 is 1.53 bits per heavy atom. The van der Waals surface area contributed by atoms with E-state index in [1.165, 1.54) is 0 Å². The first kappa shape index (κ1) is 12.9. The van der Waals surface area contributed by atoms with Gasteiger partial charge in [-0.3, -0.25) is 19.7 Å². The van der Waals surface area contributed by atoms with Gasteiger partial charge in [0.05, 0.1) is 5.92 Å². The van der Waals surface area contributed by atoms with Gasteiger partial charge in [0, 0.05) is 0 Å². The molecule has 0 aromatic heterocycles. The van der Waals surface area contributed by atoms with Gasteiger partial charge in [0.1, 0.15) is 13.1 Å². The Morgan fingerprint density at radius 3 is 2.47 bits per heavy atom. The maximum absolute atomic E-state index is 11.9. The van der Waals surface area contributed by atoms with Crippen LogP contribution < -0.4 is 11.1 Å². The molecule has 0 aromatic rings. The third-order valence-corrected chi connectivity index (χ3v) is 2.44. The predicted octanol–water partition coefficient (Wildman–Crippen LogP) is -1.76. The lowest BCUT2D eigenvalue weighted by Gasteiger charge is -2.28. The Balaban J connectivity index is 2.80. The molecule has 0 spiro atoms. The lowest BCUT2D eigenvalue weighted by Crippen LogP contribution is -2.55. The van der Waals surface area contributed by atoms with Crippen LogP contribution in [-0.4, -0.2) is 46.8 Å². The van der Waals surface area contributed by atoms with Gasteiger partial charge in [-0.15, -0.1) is 0 Å². The summed E-state index contributed by atoms with van der Waals surface area (Å²) in [5.41, 5.74) is 5.37. The molecule has 1 heterocycles. The van der Waals surface area contributed by atoms with Crippen LogP contribution in [0.25, 0.3) is 0 Å². The molecule has 0 radical (unpaired) electrons. The van der Waals surface area contributed by atoms with E-state index in [2.05, 4.69) is 10.5 Å². The number of hydrogen-bond acceptors (Lipinski definition) is 5. The van der Waals surface area contributed by atoms with Gasteiger partial charge in [-0.1, -0.05) is 12.1 Å². The molecule has 8 nitrogen and oxygen atoms in total. The number of amidine groups is 1. The standard InChI is InChI=1S/C9H14N4O4/c1-2-5(8(10)12-17)9(16)13-3-6(14)11-7(15)4-13/h5,17H,2-4H2,1H3,(H2,10,12)(H,11,14,15). The average molecular weight is 242 g/mol. The molecule has 0 aromatic carbocycles. The summed E-state index contributed by atoms with van der Waals surface area (Å²) in [5, 5.41) is 13.4. The minimum absolute atomic E-state index is 0.195. The molecule has 1 aliphatic heterocycles. The van der Waals surface area contributed by atoms with Crippen LogP contribution in [0.1, 0.15) is 13.3 Å². The number of carbonyl (C=O) groups is 3. The molecule has 1 aliphatic rings. The highest BCUT2D eigenvalue weighted by atomic mass is 16.4. The molecule has 0 saturated carbocycles. The van der Waals surface area contributed by atoms with E-state index < -0.39 is 23.6 Å². The van der Waals surface area contributed by atoms with Gasteiger partial charge in [-0.25, -0.2) is 0 Å². The third-order valence-electron chi connectivity index (χ3n) is 2.44. The smallest absolute Gasteiger partial charge is 0.246 e. The van der Waals surface area contributed by atoms with Crippen molar-refractivity contribution in [1.29, 1.82) is 0 Å². The third kappa shape index (κ3) is 2.92. The monoisotopic (exact) mass is 242 g/mol. The lowest BCUT2D eigenvalue weighted by molar-refractivity contribution is -0.146. The highest BCUT2D eigenvalue weighted by molar-refractivity contribution is 6.07. The SMILES string of the molecule is CCC(C(=O)N1CC(=O)NC(=O)C1)C(N)=NO. The fourth-order valence-corrected chi connectivity index (χ4v) is 1.59. The number of oxime groups is 1. The zero-order valence-electron chi connectivity index (χ0n) is 9.34. The largest absolute Gasteiger partial charge is 0.409 e. The van der Waals surface area contributed by atoms with Crippen LogP contribution >= 0.6 is 0 Å². The van der Waals surface area contributed by atoms with Crippen LogP contribution in [0.5, 0.6) is 0 Å². The summed E-state index contributed by atoms with van der Waals surface area (Å²) in [6.07, 6.45) is 0.320. The van der Waals surface area contributed by atoms with Crippen LogP contribution in [0.15, 0.2) is 5.16 Å². The number of hydrogen-bond donors (Lipinski definition) is 3. The van der Waals surface area contributed by atoms with Crippen molar-refractivity contribution in [2.24, 2.45) is 16.8 Å². The quantitative estimate of drug-likeness (QED) is 0.178. The number of nitrogens with two attached hydrogens (primary N) is 1. The Kier molecular flexibility index (Phi) is 4.02. The maximum Gasteiger partial charge on any atom is 0.246 e. The number of nitrogens with one attached hydrogen (secondary N) is 1. The summed E-state index contributed by atoms with van der Waals surface area (Å²) in [7, 11) is 0. The Morgan fingerprint density at radius 2 is 2.06 bits per heavy atom. The van der Waals surface area contributed by atoms with Crippen LogP contribution in [0, 0.1) is 5.92 Å². The van der Waals surface area contributed by atoms with Gasteiger partial charge >= 0.3 is 0 Å².